The second kappa shape index (κ2) is 5.60. The molecule has 4 nitrogen and oxygen atoms in total. The predicted octanol–water partition coefficient (Wildman–Crippen LogP) is 2.39. The fourth-order valence-electron chi connectivity index (χ4n) is 1.63. The van der Waals surface area contributed by atoms with E-state index < -0.39 is 0 Å². The minimum atomic E-state index is 0.179. The van der Waals surface area contributed by atoms with E-state index in [2.05, 4.69) is 9.97 Å². The van der Waals surface area contributed by atoms with Crippen molar-refractivity contribution in [1.82, 2.24) is 9.97 Å². The Morgan fingerprint density at radius 1 is 1.17 bits per heavy atom. The highest BCUT2D eigenvalue weighted by molar-refractivity contribution is 5.59. The molecule has 1 aromatic carbocycles. The van der Waals surface area contributed by atoms with Gasteiger partial charge in [0, 0.05) is 11.8 Å². The van der Waals surface area contributed by atoms with Gasteiger partial charge in [-0.15, -0.1) is 0 Å². The molecular formula is C14H17N3O. The van der Waals surface area contributed by atoms with E-state index in [0.717, 1.165) is 17.0 Å². The van der Waals surface area contributed by atoms with Crippen molar-refractivity contribution in [3.05, 3.63) is 42.4 Å². The molecule has 0 saturated carbocycles. The predicted molar refractivity (Wildman–Crippen MR) is 71.1 cm³/mol. The Hall–Kier alpha value is -1.94. The molecule has 94 valence electrons. The standard InChI is InChI=1S/C14H17N3O/c1-10(2)18-12-5-3-11(4-6-12)13-7-8-16-14(9-15)17-13/h3-8,10H,9,15H2,1-2H3. The molecule has 0 radical (unpaired) electrons. The van der Waals surface area contributed by atoms with E-state index in [1.54, 1.807) is 6.20 Å². The van der Waals surface area contributed by atoms with Crippen molar-refractivity contribution < 1.29 is 4.74 Å². The third-order valence-electron chi connectivity index (χ3n) is 2.41. The summed E-state index contributed by atoms with van der Waals surface area (Å²) in [6.45, 7) is 4.36. The number of nitrogens with zero attached hydrogens (tertiary/aromatic N) is 2. The lowest BCUT2D eigenvalue weighted by molar-refractivity contribution is 0.242. The van der Waals surface area contributed by atoms with Gasteiger partial charge in [0.15, 0.2) is 0 Å². The summed E-state index contributed by atoms with van der Waals surface area (Å²) in [7, 11) is 0. The van der Waals surface area contributed by atoms with Gasteiger partial charge in [0.2, 0.25) is 0 Å². The molecule has 0 aliphatic heterocycles. The van der Waals surface area contributed by atoms with Gasteiger partial charge < -0.3 is 10.5 Å². The molecule has 0 bridgehead atoms. The molecule has 0 amide bonds. The van der Waals surface area contributed by atoms with Crippen molar-refractivity contribution in [1.29, 1.82) is 0 Å². The number of nitrogens with two attached hydrogens (primary N) is 1. The fourth-order valence-corrected chi connectivity index (χ4v) is 1.63. The topological polar surface area (TPSA) is 61.0 Å². The van der Waals surface area contributed by atoms with E-state index >= 15 is 0 Å². The lowest BCUT2D eigenvalue weighted by Crippen LogP contribution is -2.05. The smallest absolute Gasteiger partial charge is 0.142 e. The first kappa shape index (κ1) is 12.5. The molecule has 1 heterocycles. The Labute approximate surface area is 107 Å². The zero-order valence-corrected chi connectivity index (χ0v) is 10.6. The molecule has 2 N–H and O–H groups in total. The molecule has 0 saturated heterocycles. The van der Waals surface area contributed by atoms with Crippen molar-refractivity contribution in [3.63, 3.8) is 0 Å². The summed E-state index contributed by atoms with van der Waals surface area (Å²) in [5.74, 6) is 1.51. The highest BCUT2D eigenvalue weighted by Crippen LogP contribution is 2.21. The zero-order valence-electron chi connectivity index (χ0n) is 10.6. The number of benzene rings is 1. The Balaban J connectivity index is 2.22. The van der Waals surface area contributed by atoms with Crippen LogP contribution >= 0.6 is 0 Å². The third-order valence-corrected chi connectivity index (χ3v) is 2.41. The van der Waals surface area contributed by atoms with Crippen molar-refractivity contribution >= 4 is 0 Å². The second-order valence-electron chi connectivity index (χ2n) is 4.25. The maximum absolute atomic E-state index is 5.60. The van der Waals surface area contributed by atoms with Gasteiger partial charge in [-0.2, -0.15) is 0 Å². The lowest BCUT2D eigenvalue weighted by atomic mass is 10.1. The fraction of sp³-hybridized carbons (Fsp3) is 0.286. The van der Waals surface area contributed by atoms with E-state index in [0.29, 0.717) is 12.4 Å². The van der Waals surface area contributed by atoms with Gasteiger partial charge in [0.05, 0.1) is 18.3 Å². The molecule has 0 atom stereocenters. The van der Waals surface area contributed by atoms with Gasteiger partial charge in [-0.3, -0.25) is 0 Å². The molecule has 18 heavy (non-hydrogen) atoms. The SMILES string of the molecule is CC(C)Oc1ccc(-c2ccnc(CN)n2)cc1. The summed E-state index contributed by atoms with van der Waals surface area (Å²) in [5.41, 5.74) is 7.44. The van der Waals surface area contributed by atoms with Gasteiger partial charge in [-0.1, -0.05) is 0 Å². The van der Waals surface area contributed by atoms with Crippen LogP contribution in [0.2, 0.25) is 0 Å². The number of hydrogen-bond donors (Lipinski definition) is 1. The van der Waals surface area contributed by atoms with E-state index in [-0.39, 0.29) is 6.10 Å². The molecule has 4 heteroatoms. The van der Waals surface area contributed by atoms with Gasteiger partial charge in [-0.25, -0.2) is 9.97 Å². The van der Waals surface area contributed by atoms with Crippen LogP contribution in [0.25, 0.3) is 11.3 Å². The number of aromatic nitrogens is 2. The average molecular weight is 243 g/mol. The first-order valence-corrected chi connectivity index (χ1v) is 5.98. The van der Waals surface area contributed by atoms with E-state index in [4.69, 9.17) is 10.5 Å². The van der Waals surface area contributed by atoms with Crippen LogP contribution in [0.3, 0.4) is 0 Å². The van der Waals surface area contributed by atoms with Gasteiger partial charge in [0.25, 0.3) is 0 Å². The van der Waals surface area contributed by atoms with Crippen LogP contribution in [-0.2, 0) is 6.54 Å². The summed E-state index contributed by atoms with van der Waals surface area (Å²) < 4.78 is 5.60. The minimum Gasteiger partial charge on any atom is -0.491 e. The van der Waals surface area contributed by atoms with E-state index in [9.17, 15) is 0 Å². The Bertz CT molecular complexity index is 509. The van der Waals surface area contributed by atoms with Crippen molar-refractivity contribution in [2.75, 3.05) is 0 Å². The van der Waals surface area contributed by atoms with Crippen LogP contribution in [0.15, 0.2) is 36.5 Å². The average Bonchev–Trinajstić information content (AvgIpc) is 2.39. The third kappa shape index (κ3) is 3.05. The van der Waals surface area contributed by atoms with Crippen LogP contribution in [0, 0.1) is 0 Å². The number of rotatable bonds is 4. The quantitative estimate of drug-likeness (QED) is 0.895. The molecule has 1 aromatic heterocycles. The largest absolute Gasteiger partial charge is 0.491 e. The monoisotopic (exact) mass is 243 g/mol. The summed E-state index contributed by atoms with van der Waals surface area (Å²) in [6.07, 6.45) is 1.90. The lowest BCUT2D eigenvalue weighted by Gasteiger charge is -2.10. The highest BCUT2D eigenvalue weighted by Gasteiger charge is 2.02. The van der Waals surface area contributed by atoms with Crippen LogP contribution in [0.1, 0.15) is 19.7 Å². The van der Waals surface area contributed by atoms with Crippen LogP contribution in [0.5, 0.6) is 5.75 Å². The molecule has 0 spiro atoms. The molecule has 0 fully saturated rings. The summed E-state index contributed by atoms with van der Waals surface area (Å²) >= 11 is 0. The van der Waals surface area contributed by atoms with E-state index in [1.165, 1.54) is 0 Å². The second-order valence-corrected chi connectivity index (χ2v) is 4.25. The van der Waals surface area contributed by atoms with Gasteiger partial charge >= 0.3 is 0 Å². The maximum Gasteiger partial charge on any atom is 0.142 e. The molecule has 0 unspecified atom stereocenters. The van der Waals surface area contributed by atoms with E-state index in [1.807, 2.05) is 44.2 Å². The zero-order chi connectivity index (χ0) is 13.0. The molecule has 0 aliphatic rings. The van der Waals surface area contributed by atoms with Gasteiger partial charge in [-0.05, 0) is 44.2 Å². The van der Waals surface area contributed by atoms with Gasteiger partial charge in [0.1, 0.15) is 11.6 Å². The summed E-state index contributed by atoms with van der Waals surface area (Å²) in [6, 6.07) is 9.73. The molecule has 2 rings (SSSR count). The van der Waals surface area contributed by atoms with Crippen molar-refractivity contribution in [2.24, 2.45) is 5.73 Å². The first-order valence-electron chi connectivity index (χ1n) is 5.98. The van der Waals surface area contributed by atoms with Crippen molar-refractivity contribution in [2.45, 2.75) is 26.5 Å². The normalized spacial score (nSPS) is 10.7. The summed E-state index contributed by atoms with van der Waals surface area (Å²) in [5, 5.41) is 0. The molecular weight excluding hydrogens is 226 g/mol. The number of ether oxygens (including phenoxy) is 1. The Kier molecular flexibility index (Phi) is 3.89. The Morgan fingerprint density at radius 2 is 1.89 bits per heavy atom. The first-order chi connectivity index (χ1) is 8.69. The molecule has 0 aliphatic carbocycles. The highest BCUT2D eigenvalue weighted by atomic mass is 16.5. The van der Waals surface area contributed by atoms with Crippen LogP contribution in [-0.4, -0.2) is 16.1 Å². The minimum absolute atomic E-state index is 0.179. The number of hydrogen-bond acceptors (Lipinski definition) is 4. The van der Waals surface area contributed by atoms with Crippen LogP contribution < -0.4 is 10.5 Å². The Morgan fingerprint density at radius 3 is 2.50 bits per heavy atom. The molecule has 2 aromatic rings. The summed E-state index contributed by atoms with van der Waals surface area (Å²) in [4.78, 5) is 8.45. The van der Waals surface area contributed by atoms with Crippen LogP contribution in [0.4, 0.5) is 0 Å². The van der Waals surface area contributed by atoms with Crippen molar-refractivity contribution in [3.8, 4) is 17.0 Å². The maximum atomic E-state index is 5.60.